The molecule has 0 N–H and O–H groups in total. The number of hydrogen-bond donors (Lipinski definition) is 0. The molecule has 3 aromatic rings. The minimum Gasteiger partial charge on any atom is -0.258 e. The van der Waals surface area contributed by atoms with Crippen LogP contribution in [-0.2, 0) is 0 Å². The van der Waals surface area contributed by atoms with Crippen molar-refractivity contribution >= 4 is 11.4 Å². The molecule has 0 aliphatic carbocycles. The zero-order valence-corrected chi connectivity index (χ0v) is 12.2. The molecule has 3 rings (SSSR count). The van der Waals surface area contributed by atoms with Crippen molar-refractivity contribution < 1.29 is 9.85 Å². The van der Waals surface area contributed by atoms with Crippen LogP contribution >= 0.6 is 0 Å². The Morgan fingerprint density at radius 2 is 1.33 bits per heavy atom. The topological polar surface area (TPSA) is 112 Å². The number of nitro benzene ring substituents is 2. The van der Waals surface area contributed by atoms with Gasteiger partial charge in [-0.3, -0.25) is 20.2 Å². The summed E-state index contributed by atoms with van der Waals surface area (Å²) in [5.74, 6) is 0.365. The molecular weight excluding hydrogens is 312 g/mol. The molecule has 0 bridgehead atoms. The summed E-state index contributed by atoms with van der Waals surface area (Å²) in [4.78, 5) is 29.0. The highest BCUT2D eigenvalue weighted by atomic mass is 16.6. The van der Waals surface area contributed by atoms with E-state index in [1.54, 1.807) is 36.7 Å². The lowest BCUT2D eigenvalue weighted by molar-refractivity contribution is -0.385. The first-order valence-corrected chi connectivity index (χ1v) is 6.86. The highest BCUT2D eigenvalue weighted by Gasteiger charge is 2.10. The van der Waals surface area contributed by atoms with E-state index >= 15 is 0 Å². The fourth-order valence-corrected chi connectivity index (χ4v) is 2.16. The molecule has 0 radical (unpaired) electrons. The van der Waals surface area contributed by atoms with Gasteiger partial charge in [-0.1, -0.05) is 12.1 Å². The van der Waals surface area contributed by atoms with Crippen LogP contribution in [0.4, 0.5) is 11.4 Å². The molecule has 118 valence electrons. The number of hydrogen-bond acceptors (Lipinski definition) is 6. The molecule has 8 nitrogen and oxygen atoms in total. The first-order chi connectivity index (χ1) is 11.5. The molecule has 0 saturated heterocycles. The summed E-state index contributed by atoms with van der Waals surface area (Å²) in [6, 6.07) is 12.1. The van der Waals surface area contributed by atoms with Crippen molar-refractivity contribution in [2.45, 2.75) is 0 Å². The maximum absolute atomic E-state index is 10.8. The lowest BCUT2D eigenvalue weighted by Crippen LogP contribution is -1.92. The summed E-state index contributed by atoms with van der Waals surface area (Å²) in [7, 11) is 0. The lowest BCUT2D eigenvalue weighted by Gasteiger charge is -2.03. The Balaban J connectivity index is 1.89. The van der Waals surface area contributed by atoms with E-state index in [4.69, 9.17) is 0 Å². The summed E-state index contributed by atoms with van der Waals surface area (Å²) in [6.07, 6.45) is 3.14. The van der Waals surface area contributed by atoms with Gasteiger partial charge in [0.25, 0.3) is 11.4 Å². The number of benzene rings is 2. The third-order valence-corrected chi connectivity index (χ3v) is 3.38. The smallest absolute Gasteiger partial charge is 0.258 e. The number of non-ortho nitro benzene ring substituents is 2. The maximum atomic E-state index is 10.8. The van der Waals surface area contributed by atoms with Crippen LogP contribution in [0.5, 0.6) is 0 Å². The monoisotopic (exact) mass is 322 g/mol. The van der Waals surface area contributed by atoms with Gasteiger partial charge in [0, 0.05) is 47.8 Å². The molecule has 0 unspecified atom stereocenters. The van der Waals surface area contributed by atoms with Gasteiger partial charge in [-0.25, -0.2) is 9.97 Å². The van der Waals surface area contributed by atoms with Crippen molar-refractivity contribution in [1.29, 1.82) is 0 Å². The van der Waals surface area contributed by atoms with Crippen molar-refractivity contribution in [2.24, 2.45) is 0 Å². The van der Waals surface area contributed by atoms with E-state index in [2.05, 4.69) is 9.97 Å². The Kier molecular flexibility index (Phi) is 3.94. The molecule has 0 fully saturated rings. The van der Waals surface area contributed by atoms with Gasteiger partial charge in [0.2, 0.25) is 0 Å². The standard InChI is InChI=1S/C16H10N4O4/c21-19(22)14-6-4-11(5-7-14)13-9-17-16(18-10-13)12-2-1-3-15(8-12)20(23)24/h1-10H. The molecule has 2 aromatic carbocycles. The summed E-state index contributed by atoms with van der Waals surface area (Å²) >= 11 is 0. The predicted octanol–water partition coefficient (Wildman–Crippen LogP) is 3.63. The Hall–Kier alpha value is -3.68. The Bertz CT molecular complexity index is 908. The van der Waals surface area contributed by atoms with E-state index in [1.165, 1.54) is 24.3 Å². The number of nitrogens with zero attached hydrogens (tertiary/aromatic N) is 4. The second kappa shape index (κ2) is 6.21. The van der Waals surface area contributed by atoms with Crippen LogP contribution in [0.1, 0.15) is 0 Å². The number of rotatable bonds is 4. The van der Waals surface area contributed by atoms with E-state index in [1.807, 2.05) is 0 Å². The van der Waals surface area contributed by atoms with E-state index in [0.29, 0.717) is 17.0 Å². The molecule has 0 atom stereocenters. The van der Waals surface area contributed by atoms with Crippen molar-refractivity contribution in [3.63, 3.8) is 0 Å². The van der Waals surface area contributed by atoms with Gasteiger partial charge >= 0.3 is 0 Å². The van der Waals surface area contributed by atoms with E-state index in [-0.39, 0.29) is 11.4 Å². The van der Waals surface area contributed by atoms with Crippen LogP contribution in [0.25, 0.3) is 22.5 Å². The first kappa shape index (κ1) is 15.2. The Morgan fingerprint density at radius 3 is 1.92 bits per heavy atom. The minimum atomic E-state index is -0.477. The fraction of sp³-hybridized carbons (Fsp3) is 0. The fourth-order valence-electron chi connectivity index (χ4n) is 2.16. The maximum Gasteiger partial charge on any atom is 0.270 e. The zero-order chi connectivity index (χ0) is 17.1. The van der Waals surface area contributed by atoms with Gasteiger partial charge in [-0.2, -0.15) is 0 Å². The SMILES string of the molecule is O=[N+]([O-])c1ccc(-c2cnc(-c3cccc([N+](=O)[O-])c3)nc2)cc1. The molecular formula is C16H10N4O4. The van der Waals surface area contributed by atoms with Crippen LogP contribution < -0.4 is 0 Å². The summed E-state index contributed by atoms with van der Waals surface area (Å²) in [5.41, 5.74) is 1.95. The second-order valence-corrected chi connectivity index (χ2v) is 4.91. The van der Waals surface area contributed by atoms with E-state index < -0.39 is 9.85 Å². The van der Waals surface area contributed by atoms with Crippen molar-refractivity contribution in [2.75, 3.05) is 0 Å². The quantitative estimate of drug-likeness (QED) is 0.535. The molecule has 0 saturated carbocycles. The van der Waals surface area contributed by atoms with E-state index in [9.17, 15) is 20.2 Å². The van der Waals surface area contributed by atoms with Gasteiger partial charge in [-0.15, -0.1) is 0 Å². The Morgan fingerprint density at radius 1 is 0.708 bits per heavy atom. The number of aromatic nitrogens is 2. The summed E-state index contributed by atoms with van der Waals surface area (Å²) < 4.78 is 0. The van der Waals surface area contributed by atoms with Crippen LogP contribution in [0.3, 0.4) is 0 Å². The summed E-state index contributed by atoms with van der Waals surface area (Å²) in [5, 5.41) is 21.5. The zero-order valence-electron chi connectivity index (χ0n) is 12.2. The predicted molar refractivity (Wildman–Crippen MR) is 86.2 cm³/mol. The molecule has 8 heteroatoms. The molecule has 0 aliphatic rings. The highest BCUT2D eigenvalue weighted by molar-refractivity contribution is 5.65. The van der Waals surface area contributed by atoms with Gasteiger partial charge in [-0.05, 0) is 17.7 Å². The average Bonchev–Trinajstić information content (AvgIpc) is 2.62. The highest BCUT2D eigenvalue weighted by Crippen LogP contribution is 2.24. The van der Waals surface area contributed by atoms with Crippen LogP contribution in [0.2, 0.25) is 0 Å². The van der Waals surface area contributed by atoms with Gasteiger partial charge in [0.15, 0.2) is 5.82 Å². The molecule has 1 heterocycles. The van der Waals surface area contributed by atoms with Gasteiger partial charge in [0.1, 0.15) is 0 Å². The van der Waals surface area contributed by atoms with Crippen LogP contribution in [0, 0.1) is 20.2 Å². The Labute approximate surface area is 135 Å². The molecule has 1 aromatic heterocycles. The lowest BCUT2D eigenvalue weighted by atomic mass is 10.1. The largest absolute Gasteiger partial charge is 0.270 e. The average molecular weight is 322 g/mol. The third kappa shape index (κ3) is 3.07. The van der Waals surface area contributed by atoms with Crippen molar-refractivity contribution in [3.8, 4) is 22.5 Å². The molecule has 0 aliphatic heterocycles. The van der Waals surface area contributed by atoms with Gasteiger partial charge < -0.3 is 0 Å². The normalized spacial score (nSPS) is 10.3. The van der Waals surface area contributed by atoms with Crippen LogP contribution in [0.15, 0.2) is 60.9 Å². The van der Waals surface area contributed by atoms with E-state index in [0.717, 1.165) is 5.56 Å². The van der Waals surface area contributed by atoms with Crippen molar-refractivity contribution in [3.05, 3.63) is 81.2 Å². The van der Waals surface area contributed by atoms with Crippen LogP contribution in [-0.4, -0.2) is 19.8 Å². The molecule has 24 heavy (non-hydrogen) atoms. The number of nitro groups is 2. The second-order valence-electron chi connectivity index (χ2n) is 4.91. The molecule has 0 spiro atoms. The van der Waals surface area contributed by atoms with Gasteiger partial charge in [0.05, 0.1) is 9.85 Å². The third-order valence-electron chi connectivity index (χ3n) is 3.38. The summed E-state index contributed by atoms with van der Waals surface area (Å²) in [6.45, 7) is 0. The first-order valence-electron chi connectivity index (χ1n) is 6.86. The van der Waals surface area contributed by atoms with Crippen molar-refractivity contribution in [1.82, 2.24) is 9.97 Å². The molecule has 0 amide bonds. The minimum absolute atomic E-state index is 0.00730.